The monoisotopic (exact) mass is 386 g/mol. The highest BCUT2D eigenvalue weighted by atomic mass is 16.3. The van der Waals surface area contributed by atoms with Gasteiger partial charge in [-0.25, -0.2) is 9.97 Å². The maximum atomic E-state index is 9.88. The quantitative estimate of drug-likeness (QED) is 0.489. The van der Waals surface area contributed by atoms with Crippen LogP contribution in [0.1, 0.15) is 22.6 Å². The van der Waals surface area contributed by atoms with Crippen molar-refractivity contribution in [1.82, 2.24) is 24.8 Å². The van der Waals surface area contributed by atoms with Crippen molar-refractivity contribution >= 4 is 16.9 Å². The number of aromatic nitrogens is 4. The number of anilines is 1. The highest BCUT2D eigenvalue weighted by Crippen LogP contribution is 2.25. The van der Waals surface area contributed by atoms with Gasteiger partial charge in [-0.2, -0.15) is 4.98 Å². The smallest absolute Gasteiger partial charge is 0.237 e. The molecular weight excluding hydrogens is 364 g/mol. The molecule has 7 heteroatoms. The lowest BCUT2D eigenvalue weighted by atomic mass is 10.1. The van der Waals surface area contributed by atoms with Gasteiger partial charge >= 0.3 is 0 Å². The van der Waals surface area contributed by atoms with Crippen LogP contribution in [0.2, 0.25) is 0 Å². The minimum Gasteiger partial charge on any atom is -0.388 e. The van der Waals surface area contributed by atoms with E-state index in [-0.39, 0.29) is 6.61 Å². The number of imidazole rings is 1. The number of benzene rings is 2. The molecule has 0 saturated carbocycles. The zero-order valence-electron chi connectivity index (χ0n) is 16.0. The Balaban J connectivity index is 1.61. The molecule has 3 N–H and O–H groups in total. The first-order valence-electron chi connectivity index (χ1n) is 9.79. The first kappa shape index (κ1) is 17.8. The predicted molar refractivity (Wildman–Crippen MR) is 112 cm³/mol. The van der Waals surface area contributed by atoms with Gasteiger partial charge in [0.25, 0.3) is 0 Å². The van der Waals surface area contributed by atoms with Gasteiger partial charge in [-0.1, -0.05) is 42.5 Å². The number of para-hydroxylation sites is 2. The average molecular weight is 386 g/mol. The number of nitrogens with zero attached hydrogens (tertiary/aromatic N) is 4. The highest BCUT2D eigenvalue weighted by Gasteiger charge is 2.21. The summed E-state index contributed by atoms with van der Waals surface area (Å²) in [6.07, 6.45) is 0.839. The molecule has 0 amide bonds. The maximum absolute atomic E-state index is 9.88. The van der Waals surface area contributed by atoms with Crippen molar-refractivity contribution in [2.75, 3.05) is 11.9 Å². The zero-order chi connectivity index (χ0) is 19.6. The van der Waals surface area contributed by atoms with Gasteiger partial charge in [0.15, 0.2) is 0 Å². The Kier molecular flexibility index (Phi) is 4.67. The molecule has 7 nitrogen and oxygen atoms in total. The van der Waals surface area contributed by atoms with Gasteiger partial charge in [-0.3, -0.25) is 4.57 Å². The number of nitrogens with one attached hydrogen (secondary N) is 2. The number of aliphatic hydroxyl groups excluding tert-OH is 1. The Morgan fingerprint density at radius 2 is 1.83 bits per heavy atom. The zero-order valence-corrected chi connectivity index (χ0v) is 16.0. The minimum absolute atomic E-state index is 0.177. The lowest BCUT2D eigenvalue weighted by Crippen LogP contribution is -2.27. The molecule has 0 radical (unpaired) electrons. The molecule has 2 aromatic heterocycles. The van der Waals surface area contributed by atoms with Gasteiger partial charge in [0.05, 0.1) is 16.7 Å². The summed E-state index contributed by atoms with van der Waals surface area (Å²) >= 11 is 0. The average Bonchev–Trinajstić information content (AvgIpc) is 3.16. The van der Waals surface area contributed by atoms with E-state index < -0.39 is 0 Å². The van der Waals surface area contributed by atoms with E-state index in [1.54, 1.807) is 0 Å². The molecule has 146 valence electrons. The summed E-state index contributed by atoms with van der Waals surface area (Å²) in [4.78, 5) is 14.2. The summed E-state index contributed by atoms with van der Waals surface area (Å²) in [5.41, 5.74) is 5.03. The SMILES string of the molecule is OCc1nc2ccccc2n1-c1nc2c(c(NCc3ccccc3)n1)CNCC2. The molecular formula is C22H22N6O. The van der Waals surface area contributed by atoms with Crippen molar-refractivity contribution in [3.05, 3.63) is 77.2 Å². The topological polar surface area (TPSA) is 87.9 Å². The molecule has 29 heavy (non-hydrogen) atoms. The second-order valence-corrected chi connectivity index (χ2v) is 7.07. The molecule has 0 saturated heterocycles. The third kappa shape index (κ3) is 3.35. The largest absolute Gasteiger partial charge is 0.388 e. The molecule has 0 bridgehead atoms. The van der Waals surface area contributed by atoms with Crippen LogP contribution >= 0.6 is 0 Å². The van der Waals surface area contributed by atoms with Crippen LogP contribution in [0.3, 0.4) is 0 Å². The van der Waals surface area contributed by atoms with E-state index in [9.17, 15) is 5.11 Å². The van der Waals surface area contributed by atoms with Gasteiger partial charge in [0.2, 0.25) is 5.95 Å². The summed E-state index contributed by atoms with van der Waals surface area (Å²) in [7, 11) is 0. The molecule has 3 heterocycles. The molecule has 5 rings (SSSR count). The third-order valence-corrected chi connectivity index (χ3v) is 5.20. The van der Waals surface area contributed by atoms with Gasteiger partial charge < -0.3 is 15.7 Å². The van der Waals surface area contributed by atoms with Crippen molar-refractivity contribution in [3.8, 4) is 5.95 Å². The predicted octanol–water partition coefficient (Wildman–Crippen LogP) is 2.57. The van der Waals surface area contributed by atoms with Crippen LogP contribution in [0.25, 0.3) is 17.0 Å². The lowest BCUT2D eigenvalue weighted by Gasteiger charge is -2.21. The van der Waals surface area contributed by atoms with E-state index in [4.69, 9.17) is 9.97 Å². The van der Waals surface area contributed by atoms with Crippen LogP contribution in [-0.2, 0) is 26.1 Å². The summed E-state index contributed by atoms with van der Waals surface area (Å²) < 4.78 is 1.85. The third-order valence-electron chi connectivity index (χ3n) is 5.20. The second-order valence-electron chi connectivity index (χ2n) is 7.07. The Hall–Kier alpha value is -3.29. The van der Waals surface area contributed by atoms with Crippen molar-refractivity contribution in [3.63, 3.8) is 0 Å². The second kappa shape index (κ2) is 7.62. The fraction of sp³-hybridized carbons (Fsp3) is 0.227. The Labute approximate surface area is 168 Å². The molecule has 1 aliphatic rings. The van der Waals surface area contributed by atoms with Crippen molar-refractivity contribution < 1.29 is 5.11 Å². The van der Waals surface area contributed by atoms with Gasteiger partial charge in [-0.05, 0) is 17.7 Å². The van der Waals surface area contributed by atoms with Gasteiger partial charge in [0.1, 0.15) is 18.2 Å². The Morgan fingerprint density at radius 3 is 2.69 bits per heavy atom. The van der Waals surface area contributed by atoms with E-state index in [1.807, 2.05) is 47.0 Å². The summed E-state index contributed by atoms with van der Waals surface area (Å²) in [6, 6.07) is 18.1. The first-order valence-corrected chi connectivity index (χ1v) is 9.79. The summed E-state index contributed by atoms with van der Waals surface area (Å²) in [5, 5.41) is 16.8. The fourth-order valence-electron chi connectivity index (χ4n) is 3.76. The van der Waals surface area contributed by atoms with Crippen LogP contribution in [0.5, 0.6) is 0 Å². The van der Waals surface area contributed by atoms with E-state index in [0.717, 1.165) is 47.6 Å². The van der Waals surface area contributed by atoms with Crippen molar-refractivity contribution in [2.45, 2.75) is 26.1 Å². The molecule has 0 unspecified atom stereocenters. The fourth-order valence-corrected chi connectivity index (χ4v) is 3.76. The summed E-state index contributed by atoms with van der Waals surface area (Å²) in [5.74, 6) is 1.90. The van der Waals surface area contributed by atoms with Crippen LogP contribution in [-0.4, -0.2) is 31.2 Å². The molecule has 0 fully saturated rings. The lowest BCUT2D eigenvalue weighted by molar-refractivity contribution is 0.269. The maximum Gasteiger partial charge on any atom is 0.237 e. The van der Waals surface area contributed by atoms with Crippen LogP contribution in [0, 0.1) is 0 Å². The standard InChI is InChI=1S/C22H22N6O/c29-14-20-25-18-8-4-5-9-19(18)28(20)22-26-17-10-11-23-13-16(17)21(27-22)24-12-15-6-2-1-3-7-15/h1-9,23,29H,10-14H2,(H,24,26,27). The van der Waals surface area contributed by atoms with Crippen molar-refractivity contribution in [1.29, 1.82) is 0 Å². The number of rotatable bonds is 5. The molecule has 0 aliphatic carbocycles. The van der Waals surface area contributed by atoms with Crippen LogP contribution < -0.4 is 10.6 Å². The first-order chi connectivity index (χ1) is 14.3. The molecule has 0 spiro atoms. The van der Waals surface area contributed by atoms with Crippen molar-refractivity contribution in [2.24, 2.45) is 0 Å². The van der Waals surface area contributed by atoms with Gasteiger partial charge in [0, 0.05) is 31.6 Å². The Bertz CT molecular complexity index is 1150. The van der Waals surface area contributed by atoms with Crippen LogP contribution in [0.4, 0.5) is 5.82 Å². The number of fused-ring (bicyclic) bond motifs is 2. The van der Waals surface area contributed by atoms with E-state index >= 15 is 0 Å². The van der Waals surface area contributed by atoms with Gasteiger partial charge in [-0.15, -0.1) is 0 Å². The minimum atomic E-state index is -0.177. The Morgan fingerprint density at radius 1 is 1.00 bits per heavy atom. The molecule has 1 aliphatic heterocycles. The highest BCUT2D eigenvalue weighted by molar-refractivity contribution is 5.77. The number of aliphatic hydroxyl groups is 1. The van der Waals surface area contributed by atoms with E-state index in [2.05, 4.69) is 27.8 Å². The molecule has 0 atom stereocenters. The van der Waals surface area contributed by atoms with Crippen LogP contribution in [0.15, 0.2) is 54.6 Å². The molecule has 2 aromatic carbocycles. The summed E-state index contributed by atoms with van der Waals surface area (Å²) in [6.45, 7) is 2.13. The normalized spacial score (nSPS) is 13.4. The van der Waals surface area contributed by atoms with E-state index in [1.165, 1.54) is 5.56 Å². The van der Waals surface area contributed by atoms with E-state index in [0.29, 0.717) is 18.3 Å². The molecule has 4 aromatic rings. The number of hydrogen-bond donors (Lipinski definition) is 3. The number of hydrogen-bond acceptors (Lipinski definition) is 6.